The van der Waals surface area contributed by atoms with Gasteiger partial charge in [-0.2, -0.15) is 0 Å². The molecule has 0 fully saturated rings. The molecule has 0 saturated carbocycles. The molecule has 0 aliphatic carbocycles. The van der Waals surface area contributed by atoms with Crippen LogP contribution in [0.25, 0.3) is 10.4 Å². The number of hydrogen-bond acceptors (Lipinski definition) is 5. The Morgan fingerprint density at radius 3 is 1.88 bits per heavy atom. The van der Waals surface area contributed by atoms with Gasteiger partial charge >= 0.3 is 0 Å². The first-order valence-electron chi connectivity index (χ1n) is 9.07. The molecule has 25 heavy (non-hydrogen) atoms. The molecule has 2 rings (SSSR count). The topological polar surface area (TPSA) is 39.7 Å². The van der Waals surface area contributed by atoms with Crippen LogP contribution in [0, 0.1) is 0 Å². The van der Waals surface area contributed by atoms with Gasteiger partial charge < -0.3 is 19.5 Å². The Bertz CT molecular complexity index is 625. The van der Waals surface area contributed by atoms with Crippen LogP contribution in [0.1, 0.15) is 40.0 Å². The molecule has 0 spiro atoms. The maximum Gasteiger partial charge on any atom is 0.135 e. The smallest absolute Gasteiger partial charge is 0.135 e. The van der Waals surface area contributed by atoms with Gasteiger partial charge in [0.2, 0.25) is 0 Å². The van der Waals surface area contributed by atoms with E-state index in [4.69, 9.17) is 14.2 Å². The molecule has 138 valence electrons. The molecule has 0 radical (unpaired) electrons. The standard InChI is InChI=1S/C20H29NO3S/c1-5-10-22-15-13-16(23-11-6-2)20(17(14-15)24-12-7-3)18-8-9-19(21-4)25-18/h8-9,13-14,21H,5-7,10-12H2,1-4H3. The molecule has 0 unspecified atom stereocenters. The van der Waals surface area contributed by atoms with E-state index in [0.29, 0.717) is 19.8 Å². The lowest BCUT2D eigenvalue weighted by molar-refractivity contribution is 0.288. The van der Waals surface area contributed by atoms with Crippen molar-refractivity contribution in [3.63, 3.8) is 0 Å². The van der Waals surface area contributed by atoms with Crippen LogP contribution in [0.15, 0.2) is 24.3 Å². The largest absolute Gasteiger partial charge is 0.493 e. The van der Waals surface area contributed by atoms with Gasteiger partial charge in [-0.15, -0.1) is 11.3 Å². The molecule has 2 aromatic rings. The highest BCUT2D eigenvalue weighted by molar-refractivity contribution is 7.19. The van der Waals surface area contributed by atoms with E-state index in [-0.39, 0.29) is 0 Å². The van der Waals surface area contributed by atoms with Gasteiger partial charge in [0.1, 0.15) is 17.2 Å². The molecule has 0 bridgehead atoms. The third-order valence-corrected chi connectivity index (χ3v) is 4.65. The van der Waals surface area contributed by atoms with Gasteiger partial charge in [0.25, 0.3) is 0 Å². The fourth-order valence-electron chi connectivity index (χ4n) is 2.37. The normalized spacial score (nSPS) is 10.6. The first kappa shape index (κ1) is 19.4. The zero-order valence-electron chi connectivity index (χ0n) is 15.7. The Morgan fingerprint density at radius 2 is 1.40 bits per heavy atom. The van der Waals surface area contributed by atoms with Gasteiger partial charge in [-0.3, -0.25) is 0 Å². The van der Waals surface area contributed by atoms with Crippen molar-refractivity contribution in [3.8, 4) is 27.7 Å². The summed E-state index contributed by atoms with van der Waals surface area (Å²) in [6.45, 7) is 8.33. The maximum atomic E-state index is 6.05. The number of thiophene rings is 1. The van der Waals surface area contributed by atoms with Gasteiger partial charge in [0.05, 0.1) is 30.4 Å². The number of rotatable bonds is 11. The lowest BCUT2D eigenvalue weighted by Gasteiger charge is -2.17. The van der Waals surface area contributed by atoms with Crippen LogP contribution in [0.4, 0.5) is 5.00 Å². The van der Waals surface area contributed by atoms with E-state index in [1.807, 2.05) is 19.2 Å². The zero-order valence-corrected chi connectivity index (χ0v) is 16.5. The van der Waals surface area contributed by atoms with Crippen molar-refractivity contribution in [1.29, 1.82) is 0 Å². The predicted molar refractivity (Wildman–Crippen MR) is 107 cm³/mol. The Kier molecular flexibility index (Phi) is 7.92. The molecule has 1 aromatic heterocycles. The Morgan fingerprint density at radius 1 is 0.840 bits per heavy atom. The van der Waals surface area contributed by atoms with Gasteiger partial charge in [-0.25, -0.2) is 0 Å². The van der Waals surface area contributed by atoms with E-state index in [2.05, 4.69) is 38.2 Å². The number of nitrogens with one attached hydrogen (secondary N) is 1. The van der Waals surface area contributed by atoms with Crippen LogP contribution >= 0.6 is 11.3 Å². The zero-order chi connectivity index (χ0) is 18.1. The summed E-state index contributed by atoms with van der Waals surface area (Å²) in [6, 6.07) is 8.15. The molecule has 1 N–H and O–H groups in total. The number of ether oxygens (including phenoxy) is 3. The van der Waals surface area contributed by atoms with Crippen LogP contribution in [-0.2, 0) is 0 Å². The monoisotopic (exact) mass is 363 g/mol. The molecule has 1 aromatic carbocycles. The van der Waals surface area contributed by atoms with E-state index in [1.54, 1.807) is 11.3 Å². The highest BCUT2D eigenvalue weighted by Gasteiger charge is 2.18. The Balaban J connectivity index is 2.49. The van der Waals surface area contributed by atoms with E-state index in [0.717, 1.165) is 52.0 Å². The molecular formula is C20H29NO3S. The van der Waals surface area contributed by atoms with Crippen LogP contribution in [0.5, 0.6) is 17.2 Å². The third-order valence-electron chi connectivity index (χ3n) is 3.53. The van der Waals surface area contributed by atoms with E-state index in [1.165, 1.54) is 0 Å². The van der Waals surface area contributed by atoms with Crippen LogP contribution in [0.3, 0.4) is 0 Å². The summed E-state index contributed by atoms with van der Waals surface area (Å²) in [5.74, 6) is 2.45. The van der Waals surface area contributed by atoms with Crippen LogP contribution < -0.4 is 19.5 Å². The lowest BCUT2D eigenvalue weighted by Crippen LogP contribution is -2.03. The minimum absolute atomic E-state index is 0.668. The predicted octanol–water partition coefficient (Wildman–Crippen LogP) is 5.82. The Hall–Kier alpha value is -1.88. The highest BCUT2D eigenvalue weighted by atomic mass is 32.1. The van der Waals surface area contributed by atoms with Gasteiger partial charge in [-0.05, 0) is 31.4 Å². The number of benzene rings is 1. The fraction of sp³-hybridized carbons (Fsp3) is 0.500. The lowest BCUT2D eigenvalue weighted by atomic mass is 10.1. The summed E-state index contributed by atoms with van der Waals surface area (Å²) in [4.78, 5) is 1.13. The van der Waals surface area contributed by atoms with E-state index < -0.39 is 0 Å². The number of anilines is 1. The minimum atomic E-state index is 0.668. The summed E-state index contributed by atoms with van der Waals surface area (Å²) in [7, 11) is 1.93. The molecule has 4 nitrogen and oxygen atoms in total. The van der Waals surface area contributed by atoms with E-state index in [9.17, 15) is 0 Å². The average Bonchev–Trinajstić information content (AvgIpc) is 3.11. The third kappa shape index (κ3) is 5.30. The van der Waals surface area contributed by atoms with Crippen molar-refractivity contribution in [2.24, 2.45) is 0 Å². The summed E-state index contributed by atoms with van der Waals surface area (Å²) in [5, 5.41) is 4.31. The highest BCUT2D eigenvalue weighted by Crippen LogP contribution is 2.45. The second-order valence-electron chi connectivity index (χ2n) is 5.75. The van der Waals surface area contributed by atoms with Gasteiger partial charge in [-0.1, -0.05) is 20.8 Å². The van der Waals surface area contributed by atoms with Gasteiger partial charge in [0, 0.05) is 24.1 Å². The second-order valence-corrected chi connectivity index (χ2v) is 6.84. The second kappa shape index (κ2) is 10.2. The molecule has 0 saturated heterocycles. The summed E-state index contributed by atoms with van der Waals surface area (Å²) in [5.41, 5.74) is 1.01. The average molecular weight is 364 g/mol. The molecule has 1 heterocycles. The van der Waals surface area contributed by atoms with Crippen molar-refractivity contribution < 1.29 is 14.2 Å². The first-order chi connectivity index (χ1) is 12.2. The fourth-order valence-corrected chi connectivity index (χ4v) is 3.28. The van der Waals surface area contributed by atoms with Gasteiger partial charge in [0.15, 0.2) is 0 Å². The SMILES string of the molecule is CCCOc1cc(OCCC)c(-c2ccc(NC)s2)c(OCCC)c1. The van der Waals surface area contributed by atoms with Crippen molar-refractivity contribution in [2.45, 2.75) is 40.0 Å². The molecular weight excluding hydrogens is 334 g/mol. The maximum absolute atomic E-state index is 6.05. The van der Waals surface area contributed by atoms with Crippen molar-refractivity contribution >= 4 is 16.3 Å². The summed E-state index contributed by atoms with van der Waals surface area (Å²) >= 11 is 1.69. The minimum Gasteiger partial charge on any atom is -0.493 e. The van der Waals surface area contributed by atoms with Crippen molar-refractivity contribution in [2.75, 3.05) is 32.2 Å². The summed E-state index contributed by atoms with van der Waals surface area (Å²) in [6.07, 6.45) is 2.88. The molecule has 5 heteroatoms. The Labute approximate surface area is 155 Å². The van der Waals surface area contributed by atoms with Crippen molar-refractivity contribution in [1.82, 2.24) is 0 Å². The first-order valence-corrected chi connectivity index (χ1v) is 9.89. The number of hydrogen-bond donors (Lipinski definition) is 1. The molecule has 0 amide bonds. The molecule has 0 atom stereocenters. The van der Waals surface area contributed by atoms with Crippen LogP contribution in [0.2, 0.25) is 0 Å². The summed E-state index contributed by atoms with van der Waals surface area (Å²) < 4.78 is 17.9. The molecule has 0 aliphatic heterocycles. The quantitative estimate of drug-likeness (QED) is 0.546. The molecule has 0 aliphatic rings. The van der Waals surface area contributed by atoms with Crippen molar-refractivity contribution in [3.05, 3.63) is 24.3 Å². The van der Waals surface area contributed by atoms with E-state index >= 15 is 0 Å². The van der Waals surface area contributed by atoms with Crippen LogP contribution in [-0.4, -0.2) is 26.9 Å².